The fraction of sp³-hybridized carbons (Fsp3) is 0.636. The molecule has 0 unspecified atom stereocenters. The molecule has 0 saturated heterocycles. The van der Waals surface area contributed by atoms with E-state index in [0.717, 1.165) is 0 Å². The topological polar surface area (TPSA) is 55.1 Å². The number of nitrogens with zero attached hydrogens (tertiary/aromatic N) is 2. The van der Waals surface area contributed by atoms with Crippen molar-refractivity contribution in [3.8, 4) is 0 Å². The summed E-state index contributed by atoms with van der Waals surface area (Å²) in [5.41, 5.74) is -0.578. The third-order valence-electron chi connectivity index (χ3n) is 3.41. The number of carboxylic acids is 1. The summed E-state index contributed by atoms with van der Waals surface area (Å²) in [6, 6.07) is 0. The number of aromatic nitrogens is 2. The number of hydrogen-bond donors (Lipinski definition) is 1. The van der Waals surface area contributed by atoms with Crippen molar-refractivity contribution >= 4 is 5.97 Å². The first kappa shape index (κ1) is 12.0. The molecule has 1 aliphatic rings. The van der Waals surface area contributed by atoms with Crippen LogP contribution in [0.25, 0.3) is 0 Å². The molecular formula is C11H14F2N2O2. The third-order valence-corrected chi connectivity index (χ3v) is 3.41. The monoisotopic (exact) mass is 244 g/mol. The van der Waals surface area contributed by atoms with Crippen molar-refractivity contribution in [2.24, 2.45) is 0 Å². The van der Waals surface area contributed by atoms with Crippen LogP contribution in [0.5, 0.6) is 0 Å². The van der Waals surface area contributed by atoms with Gasteiger partial charge in [-0.15, -0.1) is 0 Å². The quantitative estimate of drug-likeness (QED) is 0.867. The smallest absolute Gasteiger partial charge is 0.329 e. The minimum Gasteiger partial charge on any atom is -0.479 e. The van der Waals surface area contributed by atoms with Crippen LogP contribution in [0.1, 0.15) is 31.4 Å². The molecule has 17 heavy (non-hydrogen) atoms. The first-order chi connectivity index (χ1) is 7.86. The molecule has 1 heterocycles. The first-order valence-corrected chi connectivity index (χ1v) is 5.48. The Morgan fingerprint density at radius 1 is 1.41 bits per heavy atom. The molecule has 1 fully saturated rings. The molecule has 0 radical (unpaired) electrons. The largest absolute Gasteiger partial charge is 0.479 e. The summed E-state index contributed by atoms with van der Waals surface area (Å²) in [5, 5.41) is 9.33. The van der Waals surface area contributed by atoms with E-state index in [0.29, 0.717) is 5.69 Å². The lowest BCUT2D eigenvalue weighted by Gasteiger charge is -2.37. The molecule has 1 N–H and O–H groups in total. The SMILES string of the molecule is Cc1cn(C2(C(=O)O)CCC(F)(F)CC2)cn1. The minimum atomic E-state index is -2.74. The molecule has 0 amide bonds. The Hall–Kier alpha value is -1.46. The van der Waals surface area contributed by atoms with Crippen LogP contribution in [0, 0.1) is 6.92 Å². The maximum absolute atomic E-state index is 13.1. The van der Waals surface area contributed by atoms with E-state index in [2.05, 4.69) is 4.98 Å². The number of alkyl halides is 2. The predicted molar refractivity (Wildman–Crippen MR) is 56.0 cm³/mol. The number of imidazole rings is 1. The highest BCUT2D eigenvalue weighted by Crippen LogP contribution is 2.42. The van der Waals surface area contributed by atoms with Gasteiger partial charge in [0, 0.05) is 19.0 Å². The minimum absolute atomic E-state index is 0.0644. The summed E-state index contributed by atoms with van der Waals surface area (Å²) in [6.45, 7) is 1.74. The highest BCUT2D eigenvalue weighted by atomic mass is 19.3. The van der Waals surface area contributed by atoms with Crippen LogP contribution < -0.4 is 0 Å². The van der Waals surface area contributed by atoms with Crippen molar-refractivity contribution < 1.29 is 18.7 Å². The molecule has 2 rings (SSSR count). The lowest BCUT2D eigenvalue weighted by molar-refractivity contribution is -0.154. The zero-order chi connectivity index (χ0) is 12.7. The van der Waals surface area contributed by atoms with Gasteiger partial charge >= 0.3 is 5.97 Å². The summed E-state index contributed by atoms with van der Waals surface area (Å²) in [7, 11) is 0. The van der Waals surface area contributed by atoms with Crippen LogP contribution in [0.15, 0.2) is 12.5 Å². The Morgan fingerprint density at radius 2 is 2.00 bits per heavy atom. The second kappa shape index (κ2) is 3.78. The van der Waals surface area contributed by atoms with E-state index in [9.17, 15) is 18.7 Å². The third kappa shape index (κ3) is 2.03. The van der Waals surface area contributed by atoms with Gasteiger partial charge in [0.25, 0.3) is 0 Å². The summed E-state index contributed by atoms with van der Waals surface area (Å²) >= 11 is 0. The van der Waals surface area contributed by atoms with Gasteiger partial charge in [0.1, 0.15) is 5.54 Å². The van der Waals surface area contributed by atoms with Crippen LogP contribution in [0.2, 0.25) is 0 Å². The van der Waals surface area contributed by atoms with E-state index in [1.165, 1.54) is 10.9 Å². The molecule has 94 valence electrons. The highest BCUT2D eigenvalue weighted by Gasteiger charge is 2.49. The molecule has 1 saturated carbocycles. The Bertz CT molecular complexity index is 432. The first-order valence-electron chi connectivity index (χ1n) is 5.48. The van der Waals surface area contributed by atoms with E-state index >= 15 is 0 Å². The van der Waals surface area contributed by atoms with E-state index in [-0.39, 0.29) is 12.8 Å². The number of carbonyl (C=O) groups is 1. The van der Waals surface area contributed by atoms with Crippen LogP contribution in [0.4, 0.5) is 8.78 Å². The maximum atomic E-state index is 13.1. The van der Waals surface area contributed by atoms with Crippen molar-refractivity contribution in [2.45, 2.75) is 44.1 Å². The van der Waals surface area contributed by atoms with Gasteiger partial charge in [-0.05, 0) is 19.8 Å². The second-order valence-electron chi connectivity index (χ2n) is 4.62. The number of halogens is 2. The molecule has 1 aromatic heterocycles. The van der Waals surface area contributed by atoms with Crippen molar-refractivity contribution in [1.82, 2.24) is 9.55 Å². The molecule has 0 aromatic carbocycles. The fourth-order valence-electron chi connectivity index (χ4n) is 2.27. The van der Waals surface area contributed by atoms with E-state index in [4.69, 9.17) is 0 Å². The molecule has 0 aliphatic heterocycles. The number of rotatable bonds is 2. The van der Waals surface area contributed by atoms with Crippen LogP contribution in [0.3, 0.4) is 0 Å². The maximum Gasteiger partial charge on any atom is 0.329 e. The standard InChI is InChI=1S/C11H14F2N2O2/c1-8-6-15(7-14-8)10(9(16)17)2-4-11(12,13)5-3-10/h6-7H,2-5H2,1H3,(H,16,17). The zero-order valence-corrected chi connectivity index (χ0v) is 9.49. The van der Waals surface area contributed by atoms with Gasteiger partial charge in [-0.3, -0.25) is 0 Å². The summed E-state index contributed by atoms with van der Waals surface area (Å²) in [6.07, 6.45) is 2.09. The lowest BCUT2D eigenvalue weighted by atomic mass is 9.79. The summed E-state index contributed by atoms with van der Waals surface area (Å²) < 4.78 is 27.7. The van der Waals surface area contributed by atoms with Gasteiger partial charge in [0.2, 0.25) is 5.92 Å². The van der Waals surface area contributed by atoms with E-state index in [1.807, 2.05) is 0 Å². The van der Waals surface area contributed by atoms with Crippen molar-refractivity contribution in [3.63, 3.8) is 0 Å². The van der Waals surface area contributed by atoms with Crippen molar-refractivity contribution in [2.75, 3.05) is 0 Å². The van der Waals surface area contributed by atoms with Gasteiger partial charge in [-0.1, -0.05) is 0 Å². The molecule has 1 aliphatic carbocycles. The lowest BCUT2D eigenvalue weighted by Crippen LogP contribution is -2.46. The van der Waals surface area contributed by atoms with E-state index < -0.39 is 30.3 Å². The van der Waals surface area contributed by atoms with Gasteiger partial charge < -0.3 is 9.67 Å². The van der Waals surface area contributed by atoms with Gasteiger partial charge in [0.15, 0.2) is 0 Å². The number of carboxylic acid groups (broad SMARTS) is 1. The Morgan fingerprint density at radius 3 is 2.41 bits per heavy atom. The predicted octanol–water partition coefficient (Wildman–Crippen LogP) is 2.18. The molecule has 0 spiro atoms. The molecule has 4 nitrogen and oxygen atoms in total. The molecule has 0 atom stereocenters. The molecule has 0 bridgehead atoms. The molecule has 1 aromatic rings. The Kier molecular flexibility index (Phi) is 2.67. The average Bonchev–Trinajstić information content (AvgIpc) is 2.65. The fourth-order valence-corrected chi connectivity index (χ4v) is 2.27. The van der Waals surface area contributed by atoms with Crippen molar-refractivity contribution in [3.05, 3.63) is 18.2 Å². The number of aliphatic carboxylic acids is 1. The van der Waals surface area contributed by atoms with Crippen molar-refractivity contribution in [1.29, 1.82) is 0 Å². The van der Waals surface area contributed by atoms with E-state index in [1.54, 1.807) is 13.1 Å². The summed E-state index contributed by atoms with van der Waals surface area (Å²) in [5.74, 6) is -3.81. The second-order valence-corrected chi connectivity index (χ2v) is 4.62. The molecule has 6 heteroatoms. The Balaban J connectivity index is 2.33. The van der Waals surface area contributed by atoms with Gasteiger partial charge in [-0.25, -0.2) is 18.6 Å². The highest BCUT2D eigenvalue weighted by molar-refractivity contribution is 5.77. The Labute approximate surface area is 97.3 Å². The normalized spacial score (nSPS) is 22.3. The van der Waals surface area contributed by atoms with Crippen LogP contribution >= 0.6 is 0 Å². The van der Waals surface area contributed by atoms with Gasteiger partial charge in [0.05, 0.1) is 12.0 Å². The van der Waals surface area contributed by atoms with Crippen LogP contribution in [-0.2, 0) is 10.3 Å². The average molecular weight is 244 g/mol. The number of aryl methyl sites for hydroxylation is 1. The van der Waals surface area contributed by atoms with Gasteiger partial charge in [-0.2, -0.15) is 0 Å². The summed E-state index contributed by atoms with van der Waals surface area (Å²) in [4.78, 5) is 15.4. The van der Waals surface area contributed by atoms with Crippen LogP contribution in [-0.4, -0.2) is 26.5 Å². The zero-order valence-electron chi connectivity index (χ0n) is 9.49. The molecular weight excluding hydrogens is 230 g/mol. The number of hydrogen-bond acceptors (Lipinski definition) is 2.